The highest BCUT2D eigenvalue weighted by atomic mass is 19.1. The summed E-state index contributed by atoms with van der Waals surface area (Å²) in [5.74, 6) is -0.248. The lowest BCUT2D eigenvalue weighted by atomic mass is 9.77. The molecule has 94 valence electrons. The standard InChI is InChI=1S/C14H16FN3/c1-14(2,10-3-5-11(15)6-4-10)13(16)12-9-17-7-8-18-12/h3-9,13H,16H2,1-2H3. The predicted molar refractivity (Wildman–Crippen MR) is 68.4 cm³/mol. The van der Waals surface area contributed by atoms with Gasteiger partial charge in [0.25, 0.3) is 0 Å². The zero-order valence-electron chi connectivity index (χ0n) is 10.5. The van der Waals surface area contributed by atoms with E-state index in [9.17, 15) is 4.39 Å². The molecule has 1 aromatic heterocycles. The van der Waals surface area contributed by atoms with Crippen LogP contribution in [0.25, 0.3) is 0 Å². The number of nitrogens with two attached hydrogens (primary N) is 1. The van der Waals surface area contributed by atoms with Gasteiger partial charge in [0.05, 0.1) is 11.7 Å². The Kier molecular flexibility index (Phi) is 3.39. The minimum Gasteiger partial charge on any atom is -0.322 e. The molecule has 2 aromatic rings. The molecular formula is C14H16FN3. The molecule has 0 saturated heterocycles. The maximum Gasteiger partial charge on any atom is 0.123 e. The Morgan fingerprint density at radius 3 is 2.39 bits per heavy atom. The molecule has 4 heteroatoms. The van der Waals surface area contributed by atoms with Crippen molar-refractivity contribution in [3.8, 4) is 0 Å². The minimum atomic E-state index is -0.344. The Bertz CT molecular complexity index is 508. The van der Waals surface area contributed by atoms with Crippen LogP contribution < -0.4 is 5.73 Å². The van der Waals surface area contributed by atoms with E-state index in [1.54, 1.807) is 30.7 Å². The highest BCUT2D eigenvalue weighted by Crippen LogP contribution is 2.34. The summed E-state index contributed by atoms with van der Waals surface area (Å²) >= 11 is 0. The first-order chi connectivity index (χ1) is 8.51. The molecule has 0 saturated carbocycles. The van der Waals surface area contributed by atoms with Crippen LogP contribution in [0.15, 0.2) is 42.9 Å². The van der Waals surface area contributed by atoms with Gasteiger partial charge in [0, 0.05) is 24.0 Å². The summed E-state index contributed by atoms with van der Waals surface area (Å²) in [6, 6.07) is 6.11. The predicted octanol–water partition coefficient (Wildman–Crippen LogP) is 2.59. The second-order valence-electron chi connectivity index (χ2n) is 4.84. The maximum atomic E-state index is 12.9. The smallest absolute Gasteiger partial charge is 0.123 e. The topological polar surface area (TPSA) is 51.8 Å². The molecule has 2 N–H and O–H groups in total. The maximum absolute atomic E-state index is 12.9. The molecule has 2 rings (SSSR count). The average Bonchev–Trinajstić information content (AvgIpc) is 2.39. The molecule has 3 nitrogen and oxygen atoms in total. The molecule has 0 fully saturated rings. The quantitative estimate of drug-likeness (QED) is 0.904. The van der Waals surface area contributed by atoms with Gasteiger partial charge in [-0.25, -0.2) is 4.39 Å². The lowest BCUT2D eigenvalue weighted by Gasteiger charge is -2.31. The lowest BCUT2D eigenvalue weighted by molar-refractivity contribution is 0.411. The molecular weight excluding hydrogens is 229 g/mol. The number of nitrogens with zero attached hydrogens (tertiary/aromatic N) is 2. The van der Waals surface area contributed by atoms with Gasteiger partial charge in [0.15, 0.2) is 0 Å². The SMILES string of the molecule is CC(C)(c1ccc(F)cc1)C(N)c1cnccn1. The van der Waals surface area contributed by atoms with Gasteiger partial charge in [-0.3, -0.25) is 9.97 Å². The van der Waals surface area contributed by atoms with Crippen molar-refractivity contribution >= 4 is 0 Å². The molecule has 0 radical (unpaired) electrons. The van der Waals surface area contributed by atoms with Crippen LogP contribution in [-0.4, -0.2) is 9.97 Å². The van der Waals surface area contributed by atoms with Crippen molar-refractivity contribution < 1.29 is 4.39 Å². The van der Waals surface area contributed by atoms with Crippen molar-refractivity contribution in [3.63, 3.8) is 0 Å². The van der Waals surface area contributed by atoms with E-state index in [-0.39, 0.29) is 17.3 Å². The second kappa shape index (κ2) is 4.82. The summed E-state index contributed by atoms with van der Waals surface area (Å²) < 4.78 is 12.9. The van der Waals surface area contributed by atoms with Crippen molar-refractivity contribution in [1.82, 2.24) is 9.97 Å². The molecule has 0 aliphatic rings. The molecule has 1 unspecified atom stereocenters. The molecule has 0 amide bonds. The summed E-state index contributed by atoms with van der Waals surface area (Å²) in [5, 5.41) is 0. The molecule has 1 aromatic carbocycles. The van der Waals surface area contributed by atoms with E-state index in [1.807, 2.05) is 13.8 Å². The summed E-state index contributed by atoms with van der Waals surface area (Å²) in [6.45, 7) is 4.03. The van der Waals surface area contributed by atoms with E-state index in [1.165, 1.54) is 12.1 Å². The zero-order valence-corrected chi connectivity index (χ0v) is 10.5. The van der Waals surface area contributed by atoms with Crippen molar-refractivity contribution in [1.29, 1.82) is 0 Å². The number of hydrogen-bond acceptors (Lipinski definition) is 3. The third-order valence-electron chi connectivity index (χ3n) is 3.27. The molecule has 0 aliphatic carbocycles. The van der Waals surface area contributed by atoms with Gasteiger partial charge in [-0.2, -0.15) is 0 Å². The Hall–Kier alpha value is -1.81. The number of benzene rings is 1. The summed E-state index contributed by atoms with van der Waals surface area (Å²) in [7, 11) is 0. The third kappa shape index (κ3) is 2.38. The van der Waals surface area contributed by atoms with Crippen LogP contribution in [-0.2, 0) is 5.41 Å². The van der Waals surface area contributed by atoms with Gasteiger partial charge < -0.3 is 5.73 Å². The molecule has 1 heterocycles. The van der Waals surface area contributed by atoms with Crippen LogP contribution in [0, 0.1) is 5.82 Å². The van der Waals surface area contributed by atoms with Gasteiger partial charge in [-0.15, -0.1) is 0 Å². The largest absolute Gasteiger partial charge is 0.322 e. The monoisotopic (exact) mass is 245 g/mol. The Balaban J connectivity index is 2.33. The normalized spacial score (nSPS) is 13.3. The first-order valence-corrected chi connectivity index (χ1v) is 5.79. The van der Waals surface area contributed by atoms with Gasteiger partial charge >= 0.3 is 0 Å². The fourth-order valence-electron chi connectivity index (χ4n) is 1.90. The second-order valence-corrected chi connectivity index (χ2v) is 4.84. The summed E-state index contributed by atoms with van der Waals surface area (Å²) in [6.07, 6.45) is 4.90. The van der Waals surface area contributed by atoms with Crippen LogP contribution >= 0.6 is 0 Å². The number of halogens is 1. The molecule has 0 aliphatic heterocycles. The van der Waals surface area contributed by atoms with Gasteiger partial charge in [-0.05, 0) is 17.7 Å². The van der Waals surface area contributed by atoms with Gasteiger partial charge in [0.2, 0.25) is 0 Å². The van der Waals surface area contributed by atoms with E-state index in [4.69, 9.17) is 5.73 Å². The summed E-state index contributed by atoms with van der Waals surface area (Å²) in [4.78, 5) is 8.25. The highest BCUT2D eigenvalue weighted by Gasteiger charge is 2.30. The number of rotatable bonds is 3. The molecule has 0 spiro atoms. The van der Waals surface area contributed by atoms with E-state index >= 15 is 0 Å². The van der Waals surface area contributed by atoms with Crippen LogP contribution in [0.4, 0.5) is 4.39 Å². The van der Waals surface area contributed by atoms with E-state index in [2.05, 4.69) is 9.97 Å². The van der Waals surface area contributed by atoms with Crippen molar-refractivity contribution in [3.05, 3.63) is 59.9 Å². The van der Waals surface area contributed by atoms with Crippen LogP contribution in [0.5, 0.6) is 0 Å². The lowest BCUT2D eigenvalue weighted by Crippen LogP contribution is -2.33. The van der Waals surface area contributed by atoms with Crippen molar-refractivity contribution in [2.45, 2.75) is 25.3 Å². The Morgan fingerprint density at radius 2 is 1.83 bits per heavy atom. The fourth-order valence-corrected chi connectivity index (χ4v) is 1.90. The third-order valence-corrected chi connectivity index (χ3v) is 3.27. The van der Waals surface area contributed by atoms with E-state index in [0.29, 0.717) is 0 Å². The average molecular weight is 245 g/mol. The fraction of sp³-hybridized carbons (Fsp3) is 0.286. The zero-order chi connectivity index (χ0) is 13.2. The molecule has 0 bridgehead atoms. The van der Waals surface area contributed by atoms with E-state index < -0.39 is 0 Å². The van der Waals surface area contributed by atoms with E-state index in [0.717, 1.165) is 11.3 Å². The Labute approximate surface area is 106 Å². The molecule has 1 atom stereocenters. The van der Waals surface area contributed by atoms with Crippen LogP contribution in [0.3, 0.4) is 0 Å². The van der Waals surface area contributed by atoms with Crippen molar-refractivity contribution in [2.24, 2.45) is 5.73 Å². The van der Waals surface area contributed by atoms with Crippen LogP contribution in [0.1, 0.15) is 31.1 Å². The molecule has 18 heavy (non-hydrogen) atoms. The minimum absolute atomic E-state index is 0.248. The highest BCUT2D eigenvalue weighted by molar-refractivity contribution is 5.28. The Morgan fingerprint density at radius 1 is 1.17 bits per heavy atom. The van der Waals surface area contributed by atoms with Crippen molar-refractivity contribution in [2.75, 3.05) is 0 Å². The van der Waals surface area contributed by atoms with Gasteiger partial charge in [-0.1, -0.05) is 26.0 Å². The first kappa shape index (κ1) is 12.6. The summed E-state index contributed by atoms with van der Waals surface area (Å²) in [5.41, 5.74) is 7.61. The first-order valence-electron chi connectivity index (χ1n) is 5.79. The number of hydrogen-bond donors (Lipinski definition) is 1. The van der Waals surface area contributed by atoms with Gasteiger partial charge in [0.1, 0.15) is 5.82 Å². The van der Waals surface area contributed by atoms with Crippen LogP contribution in [0.2, 0.25) is 0 Å². The number of aromatic nitrogens is 2.